The van der Waals surface area contributed by atoms with Crippen LogP contribution in [0.25, 0.3) is 10.9 Å². The summed E-state index contributed by atoms with van der Waals surface area (Å²) in [5.74, 6) is 0.381. The second-order valence-electron chi connectivity index (χ2n) is 5.69. The summed E-state index contributed by atoms with van der Waals surface area (Å²) in [6.07, 6.45) is -0.524. The number of benzene rings is 1. The van der Waals surface area contributed by atoms with E-state index in [0.717, 1.165) is 0 Å². The Morgan fingerprint density at radius 3 is 2.74 bits per heavy atom. The number of aliphatic hydroxyl groups is 1. The zero-order valence-corrected chi connectivity index (χ0v) is 11.4. The molecule has 1 unspecified atom stereocenters. The number of para-hydroxylation sites is 1. The van der Waals surface area contributed by atoms with Crippen LogP contribution in [0.2, 0.25) is 0 Å². The Morgan fingerprint density at radius 1 is 1.37 bits per heavy atom. The molecule has 0 saturated carbocycles. The molecule has 0 fully saturated rings. The average Bonchev–Trinajstić information content (AvgIpc) is 2.35. The number of hydrogen-bond acceptors (Lipinski definition) is 4. The fraction of sp³-hybridized carbons (Fsp3) is 0.429. The van der Waals surface area contributed by atoms with Crippen LogP contribution >= 0.6 is 0 Å². The highest BCUT2D eigenvalue weighted by atomic mass is 16.3. The van der Waals surface area contributed by atoms with Crippen LogP contribution in [0.15, 0.2) is 29.1 Å². The molecule has 0 spiro atoms. The van der Waals surface area contributed by atoms with Gasteiger partial charge in [-0.25, -0.2) is 4.98 Å². The van der Waals surface area contributed by atoms with Gasteiger partial charge in [0.15, 0.2) is 0 Å². The van der Waals surface area contributed by atoms with Crippen LogP contribution in [0.1, 0.15) is 20.8 Å². The largest absolute Gasteiger partial charge is 0.391 e. The third-order valence-corrected chi connectivity index (χ3v) is 3.08. The number of rotatable bonds is 3. The van der Waals surface area contributed by atoms with Gasteiger partial charge in [0, 0.05) is 6.54 Å². The molecule has 0 bridgehead atoms. The van der Waals surface area contributed by atoms with Crippen molar-refractivity contribution in [2.45, 2.75) is 26.9 Å². The number of aromatic amines is 1. The van der Waals surface area contributed by atoms with Crippen molar-refractivity contribution in [2.75, 3.05) is 11.9 Å². The highest BCUT2D eigenvalue weighted by molar-refractivity contribution is 5.78. The molecule has 0 saturated heterocycles. The minimum atomic E-state index is -0.524. The van der Waals surface area contributed by atoms with Crippen LogP contribution in [-0.4, -0.2) is 27.7 Å². The van der Waals surface area contributed by atoms with E-state index in [2.05, 4.69) is 15.3 Å². The summed E-state index contributed by atoms with van der Waals surface area (Å²) < 4.78 is 0. The van der Waals surface area contributed by atoms with Crippen molar-refractivity contribution in [1.29, 1.82) is 0 Å². The summed E-state index contributed by atoms with van der Waals surface area (Å²) in [5.41, 5.74) is 0.238. The Balaban J connectivity index is 2.21. The molecule has 0 aliphatic heterocycles. The lowest BCUT2D eigenvalue weighted by Crippen LogP contribution is -2.33. The molecule has 0 aliphatic rings. The van der Waals surface area contributed by atoms with Gasteiger partial charge in [-0.05, 0) is 17.5 Å². The zero-order chi connectivity index (χ0) is 14.0. The van der Waals surface area contributed by atoms with E-state index in [9.17, 15) is 9.90 Å². The van der Waals surface area contributed by atoms with Gasteiger partial charge >= 0.3 is 0 Å². The van der Waals surface area contributed by atoms with E-state index in [-0.39, 0.29) is 11.0 Å². The molecule has 2 rings (SSSR count). The van der Waals surface area contributed by atoms with Gasteiger partial charge in [-0.2, -0.15) is 0 Å². The van der Waals surface area contributed by atoms with Crippen molar-refractivity contribution in [2.24, 2.45) is 5.41 Å². The Kier molecular flexibility index (Phi) is 3.57. The Hall–Kier alpha value is -1.88. The first-order valence-electron chi connectivity index (χ1n) is 6.29. The van der Waals surface area contributed by atoms with Crippen molar-refractivity contribution in [3.63, 3.8) is 0 Å². The Morgan fingerprint density at radius 2 is 2.05 bits per heavy atom. The minimum absolute atomic E-state index is 0.182. The summed E-state index contributed by atoms with van der Waals surface area (Å²) in [5, 5.41) is 13.5. The van der Waals surface area contributed by atoms with Gasteiger partial charge in [0.25, 0.3) is 5.56 Å². The predicted octanol–water partition coefficient (Wildman–Crippen LogP) is 1.74. The van der Waals surface area contributed by atoms with Crippen molar-refractivity contribution < 1.29 is 5.11 Å². The second-order valence-corrected chi connectivity index (χ2v) is 5.69. The van der Waals surface area contributed by atoms with Crippen molar-refractivity contribution in [3.8, 4) is 0 Å². The summed E-state index contributed by atoms with van der Waals surface area (Å²) in [6.45, 7) is 6.20. The zero-order valence-electron chi connectivity index (χ0n) is 11.4. The first-order valence-corrected chi connectivity index (χ1v) is 6.29. The molecule has 5 nitrogen and oxygen atoms in total. The van der Waals surface area contributed by atoms with E-state index in [1.807, 2.05) is 26.8 Å². The highest BCUT2D eigenvalue weighted by Gasteiger charge is 2.21. The molecular formula is C14H19N3O2. The first kappa shape index (κ1) is 13.5. The van der Waals surface area contributed by atoms with Crippen LogP contribution in [0.5, 0.6) is 0 Å². The number of aromatic nitrogens is 2. The summed E-state index contributed by atoms with van der Waals surface area (Å²) in [7, 11) is 0. The first-order chi connectivity index (χ1) is 8.88. The normalized spacial score (nSPS) is 13.5. The molecule has 3 N–H and O–H groups in total. The second kappa shape index (κ2) is 5.01. The van der Waals surface area contributed by atoms with Gasteiger partial charge < -0.3 is 10.4 Å². The number of nitrogens with zero attached hydrogens (tertiary/aromatic N) is 1. The number of fused-ring (bicyclic) bond motifs is 1. The minimum Gasteiger partial charge on any atom is -0.391 e. The van der Waals surface area contributed by atoms with E-state index >= 15 is 0 Å². The third-order valence-electron chi connectivity index (χ3n) is 3.08. The highest BCUT2D eigenvalue weighted by Crippen LogP contribution is 2.19. The molecule has 19 heavy (non-hydrogen) atoms. The maximum absolute atomic E-state index is 11.8. The number of aliphatic hydroxyl groups excluding tert-OH is 1. The molecule has 1 atom stereocenters. The van der Waals surface area contributed by atoms with Crippen LogP contribution in [0, 0.1) is 5.41 Å². The molecular weight excluding hydrogens is 242 g/mol. The summed E-state index contributed by atoms with van der Waals surface area (Å²) in [6, 6.07) is 7.16. The Bertz CT molecular complexity index is 628. The van der Waals surface area contributed by atoms with Crippen LogP contribution in [0.4, 0.5) is 5.95 Å². The molecule has 2 aromatic rings. The quantitative estimate of drug-likeness (QED) is 0.786. The summed E-state index contributed by atoms with van der Waals surface area (Å²) in [4.78, 5) is 18.8. The van der Waals surface area contributed by atoms with Crippen LogP contribution < -0.4 is 10.9 Å². The lowest BCUT2D eigenvalue weighted by Gasteiger charge is -2.25. The third kappa shape index (κ3) is 3.12. The fourth-order valence-electron chi connectivity index (χ4n) is 1.67. The van der Waals surface area contributed by atoms with Gasteiger partial charge in [-0.1, -0.05) is 32.9 Å². The topological polar surface area (TPSA) is 78.0 Å². The van der Waals surface area contributed by atoms with E-state index in [1.165, 1.54) is 0 Å². The van der Waals surface area contributed by atoms with Gasteiger partial charge in [-0.15, -0.1) is 0 Å². The number of nitrogens with one attached hydrogen (secondary N) is 2. The van der Waals surface area contributed by atoms with Crippen molar-refractivity contribution in [3.05, 3.63) is 34.6 Å². The molecule has 0 radical (unpaired) electrons. The predicted molar refractivity (Wildman–Crippen MR) is 76.3 cm³/mol. The van der Waals surface area contributed by atoms with Gasteiger partial charge in [0.05, 0.1) is 17.0 Å². The van der Waals surface area contributed by atoms with E-state index in [0.29, 0.717) is 23.4 Å². The van der Waals surface area contributed by atoms with Gasteiger partial charge in [-0.3, -0.25) is 9.78 Å². The number of H-pyrrole nitrogens is 1. The lowest BCUT2D eigenvalue weighted by atomic mass is 9.89. The molecule has 1 aromatic heterocycles. The monoisotopic (exact) mass is 261 g/mol. The van der Waals surface area contributed by atoms with Crippen LogP contribution in [0.3, 0.4) is 0 Å². The summed E-state index contributed by atoms with van der Waals surface area (Å²) >= 11 is 0. The van der Waals surface area contributed by atoms with E-state index < -0.39 is 6.10 Å². The molecule has 5 heteroatoms. The van der Waals surface area contributed by atoms with E-state index in [4.69, 9.17) is 0 Å². The maximum atomic E-state index is 11.8. The van der Waals surface area contributed by atoms with Gasteiger partial charge in [0.1, 0.15) is 0 Å². The van der Waals surface area contributed by atoms with Crippen LogP contribution in [-0.2, 0) is 0 Å². The average molecular weight is 261 g/mol. The smallest absolute Gasteiger partial charge is 0.260 e. The van der Waals surface area contributed by atoms with E-state index in [1.54, 1.807) is 18.2 Å². The van der Waals surface area contributed by atoms with Gasteiger partial charge in [0.2, 0.25) is 5.95 Å². The Labute approximate surface area is 111 Å². The molecule has 1 aromatic carbocycles. The number of hydrogen-bond donors (Lipinski definition) is 3. The molecule has 1 heterocycles. The van der Waals surface area contributed by atoms with Crippen molar-refractivity contribution in [1.82, 2.24) is 9.97 Å². The maximum Gasteiger partial charge on any atom is 0.260 e. The molecule has 0 aliphatic carbocycles. The molecule has 102 valence electrons. The van der Waals surface area contributed by atoms with Crippen molar-refractivity contribution >= 4 is 16.9 Å². The SMILES string of the molecule is CC(C)(C)C(O)CNc1nc2ccccc2c(=O)[nH]1. The standard InChI is InChI=1S/C14H19N3O2/c1-14(2,3)11(18)8-15-13-16-10-7-5-4-6-9(10)12(19)17-13/h4-7,11,18H,8H2,1-3H3,(H2,15,16,17,19). The lowest BCUT2D eigenvalue weighted by molar-refractivity contribution is 0.0744. The number of anilines is 1. The fourth-order valence-corrected chi connectivity index (χ4v) is 1.67. The molecule has 0 amide bonds.